The highest BCUT2D eigenvalue weighted by molar-refractivity contribution is 14.0. The number of guanidine groups is 1. The zero-order valence-electron chi connectivity index (χ0n) is 16.0. The predicted molar refractivity (Wildman–Crippen MR) is 117 cm³/mol. The van der Waals surface area contributed by atoms with Gasteiger partial charge in [0.25, 0.3) is 0 Å². The van der Waals surface area contributed by atoms with E-state index in [-0.39, 0.29) is 24.0 Å². The molecule has 0 saturated carbocycles. The van der Waals surface area contributed by atoms with Gasteiger partial charge in [0.05, 0.1) is 6.54 Å². The van der Waals surface area contributed by atoms with E-state index in [9.17, 15) is 0 Å². The Hall–Kier alpha value is -1.09. The molecule has 2 rings (SSSR count). The van der Waals surface area contributed by atoms with Crippen molar-refractivity contribution in [1.29, 1.82) is 0 Å². The first-order valence-electron chi connectivity index (χ1n) is 8.99. The highest BCUT2D eigenvalue weighted by Gasteiger charge is 2.14. The molecule has 7 heteroatoms. The highest BCUT2D eigenvalue weighted by atomic mass is 127. The summed E-state index contributed by atoms with van der Waals surface area (Å²) in [6, 6.07) is 4.25. The lowest BCUT2D eigenvalue weighted by Gasteiger charge is -2.33. The molecule has 1 saturated heterocycles. The number of pyridine rings is 1. The molecule has 1 aromatic rings. The maximum atomic E-state index is 4.64. The van der Waals surface area contributed by atoms with Crippen LogP contribution in [-0.2, 0) is 6.54 Å². The van der Waals surface area contributed by atoms with Crippen molar-refractivity contribution in [3.05, 3.63) is 23.9 Å². The van der Waals surface area contributed by atoms with Crippen LogP contribution in [-0.4, -0.2) is 62.2 Å². The molecule has 1 aromatic heterocycles. The molecule has 0 spiro atoms. The molecule has 2 heterocycles. The Labute approximate surface area is 169 Å². The van der Waals surface area contributed by atoms with Gasteiger partial charge in [0, 0.05) is 45.5 Å². The maximum Gasteiger partial charge on any atom is 0.191 e. The summed E-state index contributed by atoms with van der Waals surface area (Å²) in [6.45, 7) is 13.2. The molecule has 0 bridgehead atoms. The molecule has 0 radical (unpaired) electrons. The SMILES string of the molecule is CCNC(=NCc1ccc(N2CCN(C)CC2)nc1)NCC(C)C.I. The van der Waals surface area contributed by atoms with Gasteiger partial charge >= 0.3 is 0 Å². The smallest absolute Gasteiger partial charge is 0.191 e. The maximum absolute atomic E-state index is 4.64. The van der Waals surface area contributed by atoms with Gasteiger partial charge in [-0.3, -0.25) is 0 Å². The molecular weight excluding hydrogens is 427 g/mol. The third-order valence-corrected chi connectivity index (χ3v) is 4.08. The van der Waals surface area contributed by atoms with Crippen LogP contribution in [0.15, 0.2) is 23.3 Å². The van der Waals surface area contributed by atoms with E-state index in [1.807, 2.05) is 6.20 Å². The Kier molecular flexibility index (Phi) is 10.1. The Bertz CT molecular complexity index is 509. The monoisotopic (exact) mass is 460 g/mol. The van der Waals surface area contributed by atoms with E-state index in [1.165, 1.54) is 0 Å². The van der Waals surface area contributed by atoms with Crippen molar-refractivity contribution in [3.8, 4) is 0 Å². The van der Waals surface area contributed by atoms with E-state index in [2.05, 4.69) is 70.4 Å². The number of hydrogen-bond donors (Lipinski definition) is 2. The molecule has 2 N–H and O–H groups in total. The van der Waals surface area contributed by atoms with Crippen LogP contribution >= 0.6 is 24.0 Å². The number of hydrogen-bond acceptors (Lipinski definition) is 4. The minimum absolute atomic E-state index is 0. The average Bonchev–Trinajstić information content (AvgIpc) is 2.58. The summed E-state index contributed by atoms with van der Waals surface area (Å²) in [5.74, 6) is 2.54. The normalized spacial score (nSPS) is 15.9. The molecule has 25 heavy (non-hydrogen) atoms. The standard InChI is InChI=1S/C18H32N6.HI/c1-5-19-18(21-12-15(2)3)22-14-16-6-7-17(20-13-16)24-10-8-23(4)9-11-24;/h6-7,13,15H,5,8-12,14H2,1-4H3,(H2,19,21,22);1H. The Morgan fingerprint density at radius 2 is 1.92 bits per heavy atom. The fourth-order valence-electron chi connectivity index (χ4n) is 2.55. The summed E-state index contributed by atoms with van der Waals surface area (Å²) in [6.07, 6.45) is 1.95. The summed E-state index contributed by atoms with van der Waals surface area (Å²) in [4.78, 5) is 14.0. The van der Waals surface area contributed by atoms with E-state index >= 15 is 0 Å². The second kappa shape index (κ2) is 11.5. The van der Waals surface area contributed by atoms with Crippen LogP contribution < -0.4 is 15.5 Å². The summed E-state index contributed by atoms with van der Waals surface area (Å²) in [5, 5.41) is 6.64. The molecule has 1 aliphatic heterocycles. The van der Waals surface area contributed by atoms with Gasteiger partial charge in [-0.2, -0.15) is 0 Å². The number of likely N-dealkylation sites (N-methyl/N-ethyl adjacent to an activating group) is 1. The summed E-state index contributed by atoms with van der Waals surface area (Å²) >= 11 is 0. The van der Waals surface area contributed by atoms with Crippen molar-refractivity contribution >= 4 is 35.8 Å². The molecule has 0 unspecified atom stereocenters. The van der Waals surface area contributed by atoms with Crippen molar-refractivity contribution in [2.24, 2.45) is 10.9 Å². The van der Waals surface area contributed by atoms with Crippen molar-refractivity contribution < 1.29 is 0 Å². The average molecular weight is 460 g/mol. The number of aliphatic imine (C=N–C) groups is 1. The van der Waals surface area contributed by atoms with E-state index < -0.39 is 0 Å². The topological polar surface area (TPSA) is 55.8 Å². The van der Waals surface area contributed by atoms with Gasteiger partial charge in [-0.15, -0.1) is 24.0 Å². The number of aromatic nitrogens is 1. The molecule has 0 aromatic carbocycles. The van der Waals surface area contributed by atoms with Crippen molar-refractivity contribution in [2.45, 2.75) is 27.3 Å². The fraction of sp³-hybridized carbons (Fsp3) is 0.667. The first-order valence-corrected chi connectivity index (χ1v) is 8.99. The van der Waals surface area contributed by atoms with Crippen LogP contribution in [0.3, 0.4) is 0 Å². The predicted octanol–water partition coefficient (Wildman–Crippen LogP) is 2.16. The Morgan fingerprint density at radius 1 is 1.20 bits per heavy atom. The zero-order valence-corrected chi connectivity index (χ0v) is 18.3. The Morgan fingerprint density at radius 3 is 2.48 bits per heavy atom. The molecule has 142 valence electrons. The lowest BCUT2D eigenvalue weighted by atomic mass is 10.2. The van der Waals surface area contributed by atoms with Crippen LogP contribution in [0.5, 0.6) is 0 Å². The van der Waals surface area contributed by atoms with E-state index in [4.69, 9.17) is 0 Å². The van der Waals surface area contributed by atoms with E-state index in [0.29, 0.717) is 12.5 Å². The summed E-state index contributed by atoms with van der Waals surface area (Å²) in [5.41, 5.74) is 1.13. The first-order chi connectivity index (χ1) is 11.6. The number of nitrogens with one attached hydrogen (secondary N) is 2. The van der Waals surface area contributed by atoms with Crippen molar-refractivity contribution in [3.63, 3.8) is 0 Å². The lowest BCUT2D eigenvalue weighted by Crippen LogP contribution is -2.44. The number of halogens is 1. The van der Waals surface area contributed by atoms with Crippen LogP contribution in [0.1, 0.15) is 26.3 Å². The van der Waals surface area contributed by atoms with Crippen LogP contribution in [0.25, 0.3) is 0 Å². The number of piperazine rings is 1. The van der Waals surface area contributed by atoms with Gasteiger partial charge in [-0.05, 0) is 31.5 Å². The van der Waals surface area contributed by atoms with Gasteiger partial charge < -0.3 is 20.4 Å². The second-order valence-electron chi connectivity index (χ2n) is 6.78. The fourth-order valence-corrected chi connectivity index (χ4v) is 2.55. The van der Waals surface area contributed by atoms with Crippen LogP contribution in [0.2, 0.25) is 0 Å². The van der Waals surface area contributed by atoms with E-state index in [1.54, 1.807) is 0 Å². The largest absolute Gasteiger partial charge is 0.357 e. The third kappa shape index (κ3) is 7.77. The van der Waals surface area contributed by atoms with Gasteiger partial charge in [0.2, 0.25) is 0 Å². The van der Waals surface area contributed by atoms with Gasteiger partial charge in [0.15, 0.2) is 5.96 Å². The molecule has 1 aliphatic rings. The minimum Gasteiger partial charge on any atom is -0.357 e. The Balaban J connectivity index is 0.00000312. The molecular formula is C18H33IN6. The van der Waals surface area contributed by atoms with Crippen molar-refractivity contribution in [2.75, 3.05) is 51.2 Å². The van der Waals surface area contributed by atoms with Gasteiger partial charge in [-0.25, -0.2) is 9.98 Å². The molecule has 0 amide bonds. The van der Waals surface area contributed by atoms with Crippen LogP contribution in [0, 0.1) is 5.92 Å². The quantitative estimate of drug-likeness (QED) is 0.387. The molecule has 6 nitrogen and oxygen atoms in total. The van der Waals surface area contributed by atoms with Crippen LogP contribution in [0.4, 0.5) is 5.82 Å². The lowest BCUT2D eigenvalue weighted by molar-refractivity contribution is 0.312. The zero-order chi connectivity index (χ0) is 17.4. The number of anilines is 1. The number of nitrogens with zero attached hydrogens (tertiary/aromatic N) is 4. The molecule has 1 fully saturated rings. The van der Waals surface area contributed by atoms with Crippen molar-refractivity contribution in [1.82, 2.24) is 20.5 Å². The summed E-state index contributed by atoms with van der Waals surface area (Å²) in [7, 11) is 2.17. The summed E-state index contributed by atoms with van der Waals surface area (Å²) < 4.78 is 0. The van der Waals surface area contributed by atoms with E-state index in [0.717, 1.165) is 56.6 Å². The molecule has 0 aliphatic carbocycles. The minimum atomic E-state index is 0. The first kappa shape index (κ1) is 22.0. The van der Waals surface area contributed by atoms with Gasteiger partial charge in [0.1, 0.15) is 5.82 Å². The molecule has 0 atom stereocenters. The number of rotatable bonds is 6. The highest BCUT2D eigenvalue weighted by Crippen LogP contribution is 2.13. The second-order valence-corrected chi connectivity index (χ2v) is 6.78. The third-order valence-electron chi connectivity index (χ3n) is 4.08. The van der Waals surface area contributed by atoms with Gasteiger partial charge in [-0.1, -0.05) is 19.9 Å².